The number of amides is 1. The second-order valence-corrected chi connectivity index (χ2v) is 9.97. The van der Waals surface area contributed by atoms with Crippen LogP contribution < -0.4 is 5.32 Å². The van der Waals surface area contributed by atoms with E-state index in [0.29, 0.717) is 11.8 Å². The number of ether oxygens (including phenoxy) is 1. The SMILES string of the molecule is CC(=O)NC12CC3CC(C1)CC(C(=O)OCc1nc4ccccc4s1)(C3)C2. The minimum absolute atomic E-state index is 0.00921. The number of esters is 1. The maximum absolute atomic E-state index is 13.2. The molecular formula is C21H24N2O3S. The van der Waals surface area contributed by atoms with E-state index >= 15 is 0 Å². The summed E-state index contributed by atoms with van der Waals surface area (Å²) in [5.74, 6) is 0.960. The molecule has 1 aromatic carbocycles. The minimum Gasteiger partial charge on any atom is -0.458 e. The van der Waals surface area contributed by atoms with E-state index in [1.165, 1.54) is 6.42 Å². The predicted molar refractivity (Wildman–Crippen MR) is 103 cm³/mol. The van der Waals surface area contributed by atoms with Gasteiger partial charge in [-0.15, -0.1) is 11.3 Å². The Morgan fingerprint density at radius 1 is 1.22 bits per heavy atom. The highest BCUT2D eigenvalue weighted by molar-refractivity contribution is 7.18. The van der Waals surface area contributed by atoms with Gasteiger partial charge in [-0.1, -0.05) is 12.1 Å². The molecule has 4 aliphatic carbocycles. The molecule has 1 heterocycles. The van der Waals surface area contributed by atoms with Crippen LogP contribution in [0.3, 0.4) is 0 Å². The van der Waals surface area contributed by atoms with Crippen molar-refractivity contribution < 1.29 is 14.3 Å². The van der Waals surface area contributed by atoms with Gasteiger partial charge in [0.05, 0.1) is 15.6 Å². The smallest absolute Gasteiger partial charge is 0.312 e. The summed E-state index contributed by atoms with van der Waals surface area (Å²) >= 11 is 1.58. The minimum atomic E-state index is -0.427. The number of aromatic nitrogens is 1. The van der Waals surface area contributed by atoms with E-state index in [9.17, 15) is 9.59 Å². The third-order valence-corrected chi connectivity index (χ3v) is 7.61. The number of nitrogens with one attached hydrogen (secondary N) is 1. The third kappa shape index (κ3) is 2.94. The number of nitrogens with zero attached hydrogens (tertiary/aromatic N) is 1. The Labute approximate surface area is 162 Å². The van der Waals surface area contributed by atoms with Crippen molar-refractivity contribution >= 4 is 33.4 Å². The maximum Gasteiger partial charge on any atom is 0.312 e. The molecule has 0 saturated heterocycles. The van der Waals surface area contributed by atoms with Crippen LogP contribution in [0, 0.1) is 17.3 Å². The molecule has 2 aromatic rings. The zero-order chi connectivity index (χ0) is 18.6. The topological polar surface area (TPSA) is 68.3 Å². The van der Waals surface area contributed by atoms with Gasteiger partial charge in [-0.25, -0.2) is 4.98 Å². The van der Waals surface area contributed by atoms with E-state index in [4.69, 9.17) is 4.74 Å². The first kappa shape index (κ1) is 17.2. The molecule has 4 saturated carbocycles. The Morgan fingerprint density at radius 3 is 2.67 bits per heavy atom. The van der Waals surface area contributed by atoms with Crippen molar-refractivity contribution in [3.05, 3.63) is 29.3 Å². The molecule has 4 aliphatic rings. The van der Waals surface area contributed by atoms with E-state index in [1.54, 1.807) is 18.3 Å². The molecule has 5 nitrogen and oxygen atoms in total. The number of rotatable bonds is 4. The molecule has 4 fully saturated rings. The zero-order valence-corrected chi connectivity index (χ0v) is 16.3. The van der Waals surface area contributed by atoms with E-state index in [1.807, 2.05) is 24.3 Å². The number of benzene rings is 1. The number of carbonyl (C=O) groups excluding carboxylic acids is 2. The number of thiazole rings is 1. The molecule has 0 spiro atoms. The first-order chi connectivity index (χ1) is 13.0. The Balaban J connectivity index is 1.34. The molecule has 1 amide bonds. The molecule has 6 heteroatoms. The number of hydrogen-bond acceptors (Lipinski definition) is 5. The van der Waals surface area contributed by atoms with Crippen LogP contribution in [0.1, 0.15) is 50.5 Å². The molecule has 0 radical (unpaired) electrons. The lowest BCUT2D eigenvalue weighted by Crippen LogP contribution is -2.64. The molecule has 1 aromatic heterocycles. The van der Waals surface area contributed by atoms with E-state index in [0.717, 1.165) is 47.3 Å². The van der Waals surface area contributed by atoms with Gasteiger partial charge in [0.1, 0.15) is 11.6 Å². The summed E-state index contributed by atoms with van der Waals surface area (Å²) in [5.41, 5.74) is 0.321. The Bertz CT molecular complexity index is 874. The Kier molecular flexibility index (Phi) is 3.83. The van der Waals surface area contributed by atoms with Crippen molar-refractivity contribution in [2.24, 2.45) is 17.3 Å². The molecule has 2 unspecified atom stereocenters. The monoisotopic (exact) mass is 384 g/mol. The molecule has 6 rings (SSSR count). The highest BCUT2D eigenvalue weighted by Crippen LogP contribution is 2.62. The van der Waals surface area contributed by atoms with Crippen LogP contribution >= 0.6 is 11.3 Å². The summed E-state index contributed by atoms with van der Waals surface area (Å²) in [6, 6.07) is 7.98. The van der Waals surface area contributed by atoms with Crippen LogP contribution in [0.5, 0.6) is 0 Å². The van der Waals surface area contributed by atoms with Crippen LogP contribution in [-0.4, -0.2) is 22.4 Å². The maximum atomic E-state index is 13.2. The Hall–Kier alpha value is -1.95. The predicted octanol–water partition coefficient (Wildman–Crippen LogP) is 3.81. The van der Waals surface area contributed by atoms with Gasteiger partial charge in [0, 0.05) is 12.5 Å². The average molecular weight is 385 g/mol. The number of fused-ring (bicyclic) bond motifs is 1. The van der Waals surface area contributed by atoms with Crippen molar-refractivity contribution in [3.8, 4) is 0 Å². The van der Waals surface area contributed by atoms with Gasteiger partial charge in [0.2, 0.25) is 5.91 Å². The fourth-order valence-corrected chi connectivity index (χ4v) is 7.16. The molecule has 2 atom stereocenters. The standard InChI is InChI=1S/C21H24N2O3S/c1-13(24)23-21-9-14-6-15(10-21)8-20(7-14,12-21)19(25)26-11-18-22-16-4-2-3-5-17(16)27-18/h2-5,14-15H,6-12H2,1H3,(H,23,24). The first-order valence-electron chi connectivity index (χ1n) is 9.76. The number of hydrogen-bond donors (Lipinski definition) is 1. The van der Waals surface area contributed by atoms with Gasteiger partial charge >= 0.3 is 5.97 Å². The second kappa shape index (κ2) is 6.03. The molecule has 142 valence electrons. The van der Waals surface area contributed by atoms with Crippen LogP contribution in [0.4, 0.5) is 0 Å². The largest absolute Gasteiger partial charge is 0.458 e. The van der Waals surface area contributed by atoms with Crippen molar-refractivity contribution in [1.82, 2.24) is 10.3 Å². The van der Waals surface area contributed by atoms with E-state index in [-0.39, 0.29) is 24.0 Å². The zero-order valence-electron chi connectivity index (χ0n) is 15.5. The van der Waals surface area contributed by atoms with Gasteiger partial charge in [-0.3, -0.25) is 9.59 Å². The van der Waals surface area contributed by atoms with Gasteiger partial charge in [-0.05, 0) is 62.5 Å². The van der Waals surface area contributed by atoms with Crippen molar-refractivity contribution in [3.63, 3.8) is 0 Å². The third-order valence-electron chi connectivity index (χ3n) is 6.60. The highest BCUT2D eigenvalue weighted by atomic mass is 32.1. The fraction of sp³-hybridized carbons (Fsp3) is 0.571. The van der Waals surface area contributed by atoms with Crippen molar-refractivity contribution in [2.75, 3.05) is 0 Å². The molecule has 4 bridgehead atoms. The first-order valence-corrected chi connectivity index (χ1v) is 10.6. The summed E-state index contributed by atoms with van der Waals surface area (Å²) in [5, 5.41) is 4.04. The molecule has 27 heavy (non-hydrogen) atoms. The van der Waals surface area contributed by atoms with E-state index in [2.05, 4.69) is 10.3 Å². The lowest BCUT2D eigenvalue weighted by atomic mass is 9.47. The highest BCUT2D eigenvalue weighted by Gasteiger charge is 2.61. The van der Waals surface area contributed by atoms with Crippen molar-refractivity contribution in [1.29, 1.82) is 0 Å². The van der Waals surface area contributed by atoms with Gasteiger partial charge in [0.15, 0.2) is 0 Å². The van der Waals surface area contributed by atoms with E-state index < -0.39 is 5.41 Å². The quantitative estimate of drug-likeness (QED) is 0.814. The van der Waals surface area contributed by atoms with Gasteiger partial charge < -0.3 is 10.1 Å². The normalized spacial score (nSPS) is 34.0. The fourth-order valence-electron chi connectivity index (χ4n) is 6.28. The van der Waals surface area contributed by atoms with Gasteiger partial charge in [0.25, 0.3) is 0 Å². The molecule has 0 aliphatic heterocycles. The van der Waals surface area contributed by atoms with Crippen LogP contribution in [0.25, 0.3) is 10.2 Å². The summed E-state index contributed by atoms with van der Waals surface area (Å²) in [7, 11) is 0. The molecular weight excluding hydrogens is 360 g/mol. The lowest BCUT2D eigenvalue weighted by molar-refractivity contribution is -0.177. The van der Waals surface area contributed by atoms with Crippen LogP contribution in [0.15, 0.2) is 24.3 Å². The number of para-hydroxylation sites is 1. The second-order valence-electron chi connectivity index (χ2n) is 8.85. The van der Waals surface area contributed by atoms with Crippen LogP contribution in [0.2, 0.25) is 0 Å². The summed E-state index contributed by atoms with van der Waals surface area (Å²) in [4.78, 5) is 29.5. The summed E-state index contributed by atoms with van der Waals surface area (Å²) < 4.78 is 6.90. The summed E-state index contributed by atoms with van der Waals surface area (Å²) in [6.07, 6.45) is 5.75. The lowest BCUT2D eigenvalue weighted by Gasteiger charge is -2.60. The van der Waals surface area contributed by atoms with Crippen LogP contribution in [-0.2, 0) is 20.9 Å². The summed E-state index contributed by atoms with van der Waals surface area (Å²) in [6.45, 7) is 1.82. The average Bonchev–Trinajstić information content (AvgIpc) is 3.00. The van der Waals surface area contributed by atoms with Crippen molar-refractivity contribution in [2.45, 2.75) is 57.6 Å². The van der Waals surface area contributed by atoms with Gasteiger partial charge in [-0.2, -0.15) is 0 Å². The number of carbonyl (C=O) groups is 2. The molecule has 1 N–H and O–H groups in total. The Morgan fingerprint density at radius 2 is 1.96 bits per heavy atom.